The van der Waals surface area contributed by atoms with Crippen LogP contribution in [0.25, 0.3) is 0 Å². The molecule has 19 heavy (non-hydrogen) atoms. The molecule has 0 aliphatic heterocycles. The molecule has 5 heteroatoms. The number of carbonyl (C=O) groups is 1. The van der Waals surface area contributed by atoms with Gasteiger partial charge in [-0.2, -0.15) is 0 Å². The highest BCUT2D eigenvalue weighted by Crippen LogP contribution is 2.33. The standard InChI is InChI=1S/C14H19NO4/c16-8-13(15-14(17)18)11-6-12(7-11)19-9-10-4-2-1-3-5-10/h1-5,11-13,15-16H,6-9H2,(H,17,18). The molecule has 0 spiro atoms. The third kappa shape index (κ3) is 3.94. The van der Waals surface area contributed by atoms with Gasteiger partial charge in [-0.15, -0.1) is 0 Å². The molecule has 2 rings (SSSR count). The lowest BCUT2D eigenvalue weighted by Gasteiger charge is -2.39. The molecule has 1 amide bonds. The molecule has 1 aliphatic rings. The van der Waals surface area contributed by atoms with E-state index in [-0.39, 0.29) is 24.7 Å². The van der Waals surface area contributed by atoms with Crippen LogP contribution in [-0.2, 0) is 11.3 Å². The molecule has 1 fully saturated rings. The molecule has 1 saturated carbocycles. The number of rotatable bonds is 6. The lowest BCUT2D eigenvalue weighted by atomic mass is 9.77. The summed E-state index contributed by atoms with van der Waals surface area (Å²) in [6.45, 7) is 0.413. The Morgan fingerprint density at radius 2 is 2.05 bits per heavy atom. The van der Waals surface area contributed by atoms with Crippen molar-refractivity contribution in [1.82, 2.24) is 5.32 Å². The first-order chi connectivity index (χ1) is 9.19. The van der Waals surface area contributed by atoms with E-state index in [4.69, 9.17) is 14.9 Å². The van der Waals surface area contributed by atoms with Gasteiger partial charge in [-0.3, -0.25) is 0 Å². The monoisotopic (exact) mass is 265 g/mol. The summed E-state index contributed by atoms with van der Waals surface area (Å²) in [5.74, 6) is 0.168. The third-order valence-corrected chi connectivity index (χ3v) is 3.53. The van der Waals surface area contributed by atoms with Crippen molar-refractivity contribution in [2.45, 2.75) is 31.6 Å². The molecule has 1 aliphatic carbocycles. The number of hydrogen-bond donors (Lipinski definition) is 3. The van der Waals surface area contributed by atoms with Crippen LogP contribution in [0.2, 0.25) is 0 Å². The number of nitrogens with one attached hydrogen (secondary N) is 1. The molecule has 0 saturated heterocycles. The molecular formula is C14H19NO4. The summed E-state index contributed by atoms with van der Waals surface area (Å²) in [7, 11) is 0. The van der Waals surface area contributed by atoms with E-state index >= 15 is 0 Å². The molecule has 0 bridgehead atoms. The highest BCUT2D eigenvalue weighted by molar-refractivity contribution is 5.64. The van der Waals surface area contributed by atoms with Gasteiger partial charge in [0, 0.05) is 0 Å². The van der Waals surface area contributed by atoms with E-state index in [2.05, 4.69) is 5.32 Å². The summed E-state index contributed by atoms with van der Waals surface area (Å²) in [4.78, 5) is 10.6. The second-order valence-electron chi connectivity index (χ2n) is 4.89. The number of ether oxygens (including phenoxy) is 1. The molecule has 1 unspecified atom stereocenters. The zero-order chi connectivity index (χ0) is 13.7. The SMILES string of the molecule is O=C(O)NC(CO)C1CC(OCc2ccccc2)C1. The molecule has 5 nitrogen and oxygen atoms in total. The van der Waals surface area contributed by atoms with E-state index in [1.165, 1.54) is 0 Å². The van der Waals surface area contributed by atoms with Crippen LogP contribution in [0.1, 0.15) is 18.4 Å². The van der Waals surface area contributed by atoms with Gasteiger partial charge in [0.05, 0.1) is 25.4 Å². The molecular weight excluding hydrogens is 246 g/mol. The normalized spacial score (nSPS) is 23.4. The quantitative estimate of drug-likeness (QED) is 0.730. The van der Waals surface area contributed by atoms with Gasteiger partial charge in [0.2, 0.25) is 0 Å². The average Bonchev–Trinajstić information content (AvgIpc) is 2.36. The third-order valence-electron chi connectivity index (χ3n) is 3.53. The van der Waals surface area contributed by atoms with E-state index in [9.17, 15) is 4.79 Å². The second kappa shape index (κ2) is 6.54. The fourth-order valence-corrected chi connectivity index (χ4v) is 2.33. The Kier molecular flexibility index (Phi) is 4.76. The van der Waals surface area contributed by atoms with Crippen LogP contribution in [0.4, 0.5) is 4.79 Å². The van der Waals surface area contributed by atoms with Gasteiger partial charge >= 0.3 is 6.09 Å². The number of hydrogen-bond acceptors (Lipinski definition) is 3. The van der Waals surface area contributed by atoms with E-state index in [1.54, 1.807) is 0 Å². The zero-order valence-electron chi connectivity index (χ0n) is 10.7. The topological polar surface area (TPSA) is 78.8 Å². The van der Waals surface area contributed by atoms with Crippen LogP contribution < -0.4 is 5.32 Å². The van der Waals surface area contributed by atoms with Crippen LogP contribution >= 0.6 is 0 Å². The summed E-state index contributed by atoms with van der Waals surface area (Å²) in [6, 6.07) is 9.56. The minimum Gasteiger partial charge on any atom is -0.465 e. The van der Waals surface area contributed by atoms with Crippen LogP contribution in [0, 0.1) is 5.92 Å². The van der Waals surface area contributed by atoms with Gasteiger partial charge in [-0.05, 0) is 24.3 Å². The van der Waals surface area contributed by atoms with Crippen molar-refractivity contribution >= 4 is 6.09 Å². The minimum atomic E-state index is -1.09. The first-order valence-electron chi connectivity index (χ1n) is 6.45. The van der Waals surface area contributed by atoms with Crippen LogP contribution in [0.3, 0.4) is 0 Å². The number of carboxylic acid groups (broad SMARTS) is 1. The van der Waals surface area contributed by atoms with Crippen molar-refractivity contribution in [3.05, 3.63) is 35.9 Å². The molecule has 0 heterocycles. The van der Waals surface area contributed by atoms with Gasteiger partial charge < -0.3 is 20.3 Å². The minimum absolute atomic E-state index is 0.162. The largest absolute Gasteiger partial charge is 0.465 e. The van der Waals surface area contributed by atoms with Crippen molar-refractivity contribution in [3.8, 4) is 0 Å². The first-order valence-corrected chi connectivity index (χ1v) is 6.45. The molecule has 1 aromatic rings. The Bertz CT molecular complexity index is 403. The Morgan fingerprint density at radius 3 is 2.63 bits per heavy atom. The average molecular weight is 265 g/mol. The maximum Gasteiger partial charge on any atom is 0.404 e. The van der Waals surface area contributed by atoms with Gasteiger partial charge in [0.1, 0.15) is 0 Å². The molecule has 0 radical (unpaired) electrons. The molecule has 1 atom stereocenters. The number of aliphatic hydroxyl groups is 1. The highest BCUT2D eigenvalue weighted by Gasteiger charge is 2.36. The summed E-state index contributed by atoms with van der Waals surface area (Å²) in [6.07, 6.45) is 0.652. The predicted molar refractivity (Wildman–Crippen MR) is 69.8 cm³/mol. The Labute approximate surface area is 112 Å². The van der Waals surface area contributed by atoms with Crippen molar-refractivity contribution < 1.29 is 19.7 Å². The van der Waals surface area contributed by atoms with Gasteiger partial charge in [-0.1, -0.05) is 30.3 Å². The maximum atomic E-state index is 10.6. The predicted octanol–water partition coefficient (Wildman–Crippen LogP) is 1.61. The van der Waals surface area contributed by atoms with E-state index in [0.29, 0.717) is 6.61 Å². The summed E-state index contributed by atoms with van der Waals surface area (Å²) >= 11 is 0. The second-order valence-corrected chi connectivity index (χ2v) is 4.89. The van der Waals surface area contributed by atoms with Gasteiger partial charge in [0.15, 0.2) is 0 Å². The molecule has 1 aromatic carbocycles. The first kappa shape index (κ1) is 13.8. The number of benzene rings is 1. The Balaban J connectivity index is 1.69. The van der Waals surface area contributed by atoms with Gasteiger partial charge in [0.25, 0.3) is 0 Å². The lowest BCUT2D eigenvalue weighted by molar-refractivity contribution is -0.0537. The Morgan fingerprint density at radius 1 is 1.37 bits per heavy atom. The molecule has 0 aromatic heterocycles. The smallest absolute Gasteiger partial charge is 0.404 e. The van der Waals surface area contributed by atoms with Crippen LogP contribution in [0.15, 0.2) is 30.3 Å². The highest BCUT2D eigenvalue weighted by atomic mass is 16.5. The maximum absolute atomic E-state index is 10.6. The van der Waals surface area contributed by atoms with Crippen molar-refractivity contribution in [2.24, 2.45) is 5.92 Å². The van der Waals surface area contributed by atoms with Gasteiger partial charge in [-0.25, -0.2) is 4.79 Å². The van der Waals surface area contributed by atoms with Crippen molar-refractivity contribution in [1.29, 1.82) is 0 Å². The Hall–Kier alpha value is -1.59. The summed E-state index contributed by atoms with van der Waals surface area (Å²) in [5, 5.41) is 20.1. The molecule has 104 valence electrons. The molecule has 3 N–H and O–H groups in total. The fraction of sp³-hybridized carbons (Fsp3) is 0.500. The fourth-order valence-electron chi connectivity index (χ4n) is 2.33. The number of amides is 1. The van der Waals surface area contributed by atoms with Crippen molar-refractivity contribution in [2.75, 3.05) is 6.61 Å². The summed E-state index contributed by atoms with van der Waals surface area (Å²) in [5.41, 5.74) is 1.13. The van der Waals surface area contributed by atoms with Crippen molar-refractivity contribution in [3.63, 3.8) is 0 Å². The van der Waals surface area contributed by atoms with E-state index in [1.807, 2.05) is 30.3 Å². The van der Waals surface area contributed by atoms with Crippen LogP contribution in [-0.4, -0.2) is 35.1 Å². The van der Waals surface area contributed by atoms with E-state index in [0.717, 1.165) is 18.4 Å². The summed E-state index contributed by atoms with van der Waals surface area (Å²) < 4.78 is 5.74. The zero-order valence-corrected chi connectivity index (χ0v) is 10.7. The van der Waals surface area contributed by atoms with Crippen LogP contribution in [0.5, 0.6) is 0 Å². The van der Waals surface area contributed by atoms with E-state index < -0.39 is 6.09 Å². The lowest BCUT2D eigenvalue weighted by Crippen LogP contribution is -2.49. The number of aliphatic hydroxyl groups excluding tert-OH is 1.